The number of fused-ring (bicyclic) bond motifs is 1. The summed E-state index contributed by atoms with van der Waals surface area (Å²) in [5, 5.41) is 3.57. The molecule has 1 aromatic heterocycles. The minimum atomic E-state index is -4.16. The van der Waals surface area contributed by atoms with Gasteiger partial charge in [0.1, 0.15) is 5.01 Å². The molecule has 108 valence electrons. The summed E-state index contributed by atoms with van der Waals surface area (Å²) in [6.45, 7) is 3.88. The molecule has 1 atom stereocenters. The third-order valence-electron chi connectivity index (χ3n) is 3.28. The highest BCUT2D eigenvalue weighted by atomic mass is 32.1. The number of thiazole rings is 1. The Morgan fingerprint density at radius 2 is 2.21 bits per heavy atom. The van der Waals surface area contributed by atoms with Crippen molar-refractivity contribution >= 4 is 11.3 Å². The molecule has 1 N–H and O–H groups in total. The molecule has 19 heavy (non-hydrogen) atoms. The maximum Gasteiger partial charge on any atom is 0.395 e. The maximum atomic E-state index is 12.4. The standard InChI is InChI=1S/C13H19F3N2S/c1-2-6-17-8-9-4-3-5-10-12(9)18-11(19-10)7-13(14,15)16/h9,17H,2-8H2,1H3. The average molecular weight is 292 g/mol. The molecule has 0 saturated carbocycles. The summed E-state index contributed by atoms with van der Waals surface area (Å²) in [5.74, 6) is 0.286. The van der Waals surface area contributed by atoms with Gasteiger partial charge in [-0.2, -0.15) is 13.2 Å². The number of nitrogens with one attached hydrogen (secondary N) is 1. The Bertz CT molecular complexity index is 415. The van der Waals surface area contributed by atoms with E-state index in [2.05, 4.69) is 17.2 Å². The van der Waals surface area contributed by atoms with Gasteiger partial charge in [-0.25, -0.2) is 4.98 Å². The normalized spacial score (nSPS) is 19.5. The molecule has 1 aliphatic carbocycles. The monoisotopic (exact) mass is 292 g/mol. The van der Waals surface area contributed by atoms with E-state index in [1.807, 2.05) is 0 Å². The number of alkyl halides is 3. The van der Waals surface area contributed by atoms with E-state index >= 15 is 0 Å². The Morgan fingerprint density at radius 1 is 1.42 bits per heavy atom. The quantitative estimate of drug-likeness (QED) is 0.838. The summed E-state index contributed by atoms with van der Waals surface area (Å²) in [7, 11) is 0. The van der Waals surface area contributed by atoms with Crippen LogP contribution in [-0.4, -0.2) is 24.2 Å². The molecule has 0 bridgehead atoms. The van der Waals surface area contributed by atoms with Crippen molar-refractivity contribution in [2.45, 2.75) is 51.1 Å². The van der Waals surface area contributed by atoms with Gasteiger partial charge in [0.25, 0.3) is 0 Å². The highest BCUT2D eigenvalue weighted by Crippen LogP contribution is 2.36. The fourth-order valence-corrected chi connectivity index (χ4v) is 3.68. The summed E-state index contributed by atoms with van der Waals surface area (Å²) in [4.78, 5) is 5.32. The van der Waals surface area contributed by atoms with E-state index < -0.39 is 12.6 Å². The largest absolute Gasteiger partial charge is 0.395 e. The first-order valence-electron chi connectivity index (χ1n) is 6.75. The zero-order chi connectivity index (χ0) is 13.9. The summed E-state index contributed by atoms with van der Waals surface area (Å²) in [5.41, 5.74) is 0.916. The first-order chi connectivity index (χ1) is 8.99. The smallest absolute Gasteiger partial charge is 0.316 e. The van der Waals surface area contributed by atoms with Crippen LogP contribution in [0.15, 0.2) is 0 Å². The summed E-state index contributed by atoms with van der Waals surface area (Å²) in [6.07, 6.45) is -1.01. The average Bonchev–Trinajstić information content (AvgIpc) is 2.69. The van der Waals surface area contributed by atoms with Gasteiger partial charge >= 0.3 is 6.18 Å². The van der Waals surface area contributed by atoms with Gasteiger partial charge in [-0.15, -0.1) is 11.3 Å². The number of hydrogen-bond donors (Lipinski definition) is 1. The van der Waals surface area contributed by atoms with E-state index in [9.17, 15) is 13.2 Å². The first-order valence-corrected chi connectivity index (χ1v) is 7.57. The number of rotatable bonds is 5. The van der Waals surface area contributed by atoms with E-state index in [1.54, 1.807) is 0 Å². The van der Waals surface area contributed by atoms with Crippen LogP contribution in [-0.2, 0) is 12.8 Å². The molecule has 0 aromatic carbocycles. The fraction of sp³-hybridized carbons (Fsp3) is 0.769. The molecule has 2 nitrogen and oxygen atoms in total. The van der Waals surface area contributed by atoms with Crippen LogP contribution in [0.1, 0.15) is 47.7 Å². The van der Waals surface area contributed by atoms with Crippen LogP contribution in [0.3, 0.4) is 0 Å². The molecule has 0 aliphatic heterocycles. The van der Waals surface area contributed by atoms with E-state index in [-0.39, 0.29) is 10.9 Å². The molecule has 1 heterocycles. The van der Waals surface area contributed by atoms with Crippen LogP contribution in [0.2, 0.25) is 0 Å². The van der Waals surface area contributed by atoms with Crippen LogP contribution in [0.5, 0.6) is 0 Å². The zero-order valence-electron chi connectivity index (χ0n) is 11.0. The number of hydrogen-bond acceptors (Lipinski definition) is 3. The van der Waals surface area contributed by atoms with Gasteiger partial charge in [0.05, 0.1) is 12.1 Å². The minimum absolute atomic E-state index is 0.222. The van der Waals surface area contributed by atoms with Gasteiger partial charge in [-0.1, -0.05) is 6.92 Å². The van der Waals surface area contributed by atoms with Crippen LogP contribution in [0, 0.1) is 0 Å². The summed E-state index contributed by atoms with van der Waals surface area (Å²) < 4.78 is 37.2. The van der Waals surface area contributed by atoms with Gasteiger partial charge in [-0.3, -0.25) is 0 Å². The lowest BCUT2D eigenvalue weighted by Gasteiger charge is -2.21. The van der Waals surface area contributed by atoms with Gasteiger partial charge in [0.15, 0.2) is 0 Å². The van der Waals surface area contributed by atoms with Crippen molar-refractivity contribution in [1.82, 2.24) is 10.3 Å². The van der Waals surface area contributed by atoms with Crippen molar-refractivity contribution in [3.8, 4) is 0 Å². The SMILES string of the molecule is CCCNCC1CCCc2sc(CC(F)(F)F)nc21. The minimum Gasteiger partial charge on any atom is -0.316 e. The van der Waals surface area contributed by atoms with Crippen LogP contribution in [0.25, 0.3) is 0 Å². The Morgan fingerprint density at radius 3 is 2.89 bits per heavy atom. The lowest BCUT2D eigenvalue weighted by atomic mass is 9.91. The lowest BCUT2D eigenvalue weighted by Crippen LogP contribution is -2.25. The highest BCUT2D eigenvalue weighted by molar-refractivity contribution is 7.11. The predicted molar refractivity (Wildman–Crippen MR) is 70.7 cm³/mol. The summed E-state index contributed by atoms with van der Waals surface area (Å²) in [6, 6.07) is 0. The Labute approximate surface area is 115 Å². The fourth-order valence-electron chi connectivity index (χ4n) is 2.46. The van der Waals surface area contributed by atoms with Gasteiger partial charge in [0, 0.05) is 17.3 Å². The third kappa shape index (κ3) is 4.18. The first kappa shape index (κ1) is 14.8. The van der Waals surface area contributed by atoms with Crippen molar-refractivity contribution in [1.29, 1.82) is 0 Å². The van der Waals surface area contributed by atoms with Crippen molar-refractivity contribution in [2.24, 2.45) is 0 Å². The Kier molecular flexibility index (Phi) is 4.84. The van der Waals surface area contributed by atoms with Crippen LogP contribution < -0.4 is 5.32 Å². The molecule has 0 radical (unpaired) electrons. The molecule has 0 fully saturated rings. The van der Waals surface area contributed by atoms with E-state index in [4.69, 9.17) is 0 Å². The molecule has 0 saturated heterocycles. The zero-order valence-corrected chi connectivity index (χ0v) is 11.8. The van der Waals surface area contributed by atoms with Crippen molar-refractivity contribution < 1.29 is 13.2 Å². The molecule has 2 rings (SSSR count). The second-order valence-electron chi connectivity index (χ2n) is 5.00. The molecule has 1 aromatic rings. The molecule has 1 aliphatic rings. The number of nitrogens with zero attached hydrogens (tertiary/aromatic N) is 1. The molecular weight excluding hydrogens is 273 g/mol. The molecule has 1 unspecified atom stereocenters. The van der Waals surface area contributed by atoms with Crippen molar-refractivity contribution in [3.63, 3.8) is 0 Å². The van der Waals surface area contributed by atoms with Crippen LogP contribution >= 0.6 is 11.3 Å². The lowest BCUT2D eigenvalue weighted by molar-refractivity contribution is -0.127. The molecule has 0 amide bonds. The Balaban J connectivity index is 2.06. The summed E-state index contributed by atoms with van der Waals surface area (Å²) >= 11 is 1.25. The second kappa shape index (κ2) is 6.22. The van der Waals surface area contributed by atoms with Gasteiger partial charge < -0.3 is 5.32 Å². The van der Waals surface area contributed by atoms with E-state index in [0.717, 1.165) is 49.3 Å². The number of halogens is 3. The van der Waals surface area contributed by atoms with Crippen LogP contribution in [0.4, 0.5) is 13.2 Å². The third-order valence-corrected chi connectivity index (χ3v) is 4.42. The number of aromatic nitrogens is 1. The second-order valence-corrected chi connectivity index (χ2v) is 6.17. The van der Waals surface area contributed by atoms with E-state index in [0.29, 0.717) is 0 Å². The Hall–Kier alpha value is -0.620. The van der Waals surface area contributed by atoms with Crippen molar-refractivity contribution in [3.05, 3.63) is 15.6 Å². The molecule has 6 heteroatoms. The van der Waals surface area contributed by atoms with Crippen molar-refractivity contribution in [2.75, 3.05) is 13.1 Å². The predicted octanol–water partition coefficient (Wildman–Crippen LogP) is 3.67. The molecular formula is C13H19F3N2S. The maximum absolute atomic E-state index is 12.4. The van der Waals surface area contributed by atoms with Gasteiger partial charge in [-0.05, 0) is 32.2 Å². The molecule has 0 spiro atoms. The highest BCUT2D eigenvalue weighted by Gasteiger charge is 2.32. The number of aryl methyl sites for hydroxylation is 1. The topological polar surface area (TPSA) is 24.9 Å². The van der Waals surface area contributed by atoms with Gasteiger partial charge in [0.2, 0.25) is 0 Å². The van der Waals surface area contributed by atoms with E-state index in [1.165, 1.54) is 11.3 Å².